The van der Waals surface area contributed by atoms with Crippen molar-refractivity contribution >= 4 is 23.5 Å². The van der Waals surface area contributed by atoms with Crippen molar-refractivity contribution in [3.05, 3.63) is 59.3 Å². The Balaban J connectivity index is 2.02. The molecule has 21 heavy (non-hydrogen) atoms. The van der Waals surface area contributed by atoms with Gasteiger partial charge in [0, 0.05) is 23.3 Å². The standard InChI is InChI=1S/C16H18N2O2S/c1-12-3-2-4-14(9-12)16(20)18-15-10-13(5-6-17-15)11-21-8-7-19/h2-6,9-10,19H,7-8,11H2,1H3,(H,17,18,20). The summed E-state index contributed by atoms with van der Waals surface area (Å²) in [6.45, 7) is 2.13. The third kappa shape index (κ3) is 4.88. The molecule has 2 rings (SSSR count). The molecule has 0 bridgehead atoms. The van der Waals surface area contributed by atoms with Gasteiger partial charge in [-0.2, -0.15) is 11.8 Å². The zero-order valence-corrected chi connectivity index (χ0v) is 12.7. The van der Waals surface area contributed by atoms with E-state index in [-0.39, 0.29) is 12.5 Å². The van der Waals surface area contributed by atoms with E-state index in [2.05, 4.69) is 10.3 Å². The Labute approximate surface area is 128 Å². The predicted octanol–water partition coefficient (Wildman–Crippen LogP) is 2.87. The Morgan fingerprint density at radius 2 is 2.19 bits per heavy atom. The number of benzene rings is 1. The van der Waals surface area contributed by atoms with Gasteiger partial charge >= 0.3 is 0 Å². The number of aliphatic hydroxyl groups is 1. The fourth-order valence-electron chi connectivity index (χ4n) is 1.86. The summed E-state index contributed by atoms with van der Waals surface area (Å²) in [5.41, 5.74) is 2.74. The molecule has 0 aliphatic carbocycles. The number of rotatable bonds is 6. The van der Waals surface area contributed by atoms with E-state index in [9.17, 15) is 4.79 Å². The van der Waals surface area contributed by atoms with Crippen LogP contribution in [0, 0.1) is 6.92 Å². The highest BCUT2D eigenvalue weighted by Gasteiger charge is 2.07. The van der Waals surface area contributed by atoms with Gasteiger partial charge in [0.1, 0.15) is 5.82 Å². The molecule has 4 nitrogen and oxygen atoms in total. The lowest BCUT2D eigenvalue weighted by atomic mass is 10.1. The summed E-state index contributed by atoms with van der Waals surface area (Å²) in [6, 6.07) is 11.2. The monoisotopic (exact) mass is 302 g/mol. The number of amides is 1. The van der Waals surface area contributed by atoms with Crippen molar-refractivity contribution in [2.75, 3.05) is 17.7 Å². The number of nitrogens with one attached hydrogen (secondary N) is 1. The second-order valence-corrected chi connectivity index (χ2v) is 5.75. The van der Waals surface area contributed by atoms with Crippen LogP contribution in [0.4, 0.5) is 5.82 Å². The molecule has 0 radical (unpaired) electrons. The van der Waals surface area contributed by atoms with Gasteiger partial charge in [-0.1, -0.05) is 17.7 Å². The van der Waals surface area contributed by atoms with E-state index in [1.54, 1.807) is 24.0 Å². The van der Waals surface area contributed by atoms with E-state index in [1.165, 1.54) is 0 Å². The van der Waals surface area contributed by atoms with Crippen LogP contribution in [0.3, 0.4) is 0 Å². The number of thioether (sulfide) groups is 1. The van der Waals surface area contributed by atoms with Crippen molar-refractivity contribution in [2.45, 2.75) is 12.7 Å². The fraction of sp³-hybridized carbons (Fsp3) is 0.250. The number of aliphatic hydroxyl groups excluding tert-OH is 1. The number of pyridine rings is 1. The molecule has 2 N–H and O–H groups in total. The maximum atomic E-state index is 12.1. The summed E-state index contributed by atoms with van der Waals surface area (Å²) in [5.74, 6) is 1.87. The largest absolute Gasteiger partial charge is 0.396 e. The van der Waals surface area contributed by atoms with Crippen molar-refractivity contribution in [1.29, 1.82) is 0 Å². The summed E-state index contributed by atoms with van der Waals surface area (Å²) in [6.07, 6.45) is 1.68. The molecule has 0 spiro atoms. The van der Waals surface area contributed by atoms with Gasteiger partial charge in [0.2, 0.25) is 0 Å². The first-order valence-electron chi connectivity index (χ1n) is 6.70. The summed E-state index contributed by atoms with van der Waals surface area (Å²) in [5, 5.41) is 11.6. The molecule has 2 aromatic rings. The first-order chi connectivity index (χ1) is 10.2. The zero-order chi connectivity index (χ0) is 15.1. The van der Waals surface area contributed by atoms with Gasteiger partial charge in [-0.05, 0) is 36.8 Å². The minimum atomic E-state index is -0.161. The quantitative estimate of drug-likeness (QED) is 0.806. The van der Waals surface area contributed by atoms with Gasteiger partial charge in [-0.25, -0.2) is 4.98 Å². The zero-order valence-electron chi connectivity index (χ0n) is 11.9. The van der Waals surface area contributed by atoms with Gasteiger partial charge in [-0.15, -0.1) is 0 Å². The average Bonchev–Trinajstić information content (AvgIpc) is 2.48. The van der Waals surface area contributed by atoms with Gasteiger partial charge in [0.25, 0.3) is 5.91 Å². The minimum Gasteiger partial charge on any atom is -0.396 e. The van der Waals surface area contributed by atoms with E-state index in [0.717, 1.165) is 16.9 Å². The van der Waals surface area contributed by atoms with Crippen LogP contribution < -0.4 is 5.32 Å². The third-order valence-corrected chi connectivity index (χ3v) is 3.86. The van der Waals surface area contributed by atoms with Crippen LogP contribution in [0.2, 0.25) is 0 Å². The van der Waals surface area contributed by atoms with Crippen LogP contribution in [-0.2, 0) is 5.75 Å². The Hall–Kier alpha value is -1.85. The molecule has 1 aromatic heterocycles. The molecular formula is C16H18N2O2S. The van der Waals surface area contributed by atoms with Crippen molar-refractivity contribution in [2.24, 2.45) is 0 Å². The molecule has 0 saturated heterocycles. The van der Waals surface area contributed by atoms with Gasteiger partial charge in [0.05, 0.1) is 6.61 Å². The van der Waals surface area contributed by atoms with Gasteiger partial charge in [-0.3, -0.25) is 4.79 Å². The number of nitrogens with zero attached hydrogens (tertiary/aromatic N) is 1. The van der Waals surface area contributed by atoms with Crippen molar-refractivity contribution in [3.63, 3.8) is 0 Å². The van der Waals surface area contributed by atoms with Crippen LogP contribution in [-0.4, -0.2) is 28.4 Å². The van der Waals surface area contributed by atoms with Crippen LogP contribution in [0.5, 0.6) is 0 Å². The van der Waals surface area contributed by atoms with E-state index < -0.39 is 0 Å². The first-order valence-corrected chi connectivity index (χ1v) is 7.86. The normalized spacial score (nSPS) is 10.4. The number of carbonyl (C=O) groups is 1. The number of hydrogen-bond donors (Lipinski definition) is 2. The number of hydrogen-bond acceptors (Lipinski definition) is 4. The smallest absolute Gasteiger partial charge is 0.256 e. The van der Waals surface area contributed by atoms with E-state index in [1.807, 2.05) is 37.3 Å². The molecule has 0 saturated carbocycles. The molecule has 0 unspecified atom stereocenters. The summed E-state index contributed by atoms with van der Waals surface area (Å²) < 4.78 is 0. The number of anilines is 1. The molecule has 0 fully saturated rings. The fourth-order valence-corrected chi connectivity index (χ4v) is 2.55. The molecular weight excluding hydrogens is 284 g/mol. The highest BCUT2D eigenvalue weighted by atomic mass is 32.2. The minimum absolute atomic E-state index is 0.161. The SMILES string of the molecule is Cc1cccc(C(=O)Nc2cc(CSCCO)ccn2)c1. The maximum Gasteiger partial charge on any atom is 0.256 e. The molecule has 1 heterocycles. The Morgan fingerprint density at radius 3 is 2.95 bits per heavy atom. The predicted molar refractivity (Wildman–Crippen MR) is 86.6 cm³/mol. The number of carbonyl (C=O) groups excluding carboxylic acids is 1. The lowest BCUT2D eigenvalue weighted by Gasteiger charge is -2.07. The van der Waals surface area contributed by atoms with Gasteiger partial charge in [0.15, 0.2) is 0 Å². The number of aryl methyl sites for hydroxylation is 1. The highest BCUT2D eigenvalue weighted by molar-refractivity contribution is 7.98. The Bertz CT molecular complexity index is 617. The van der Waals surface area contributed by atoms with Crippen LogP contribution in [0.25, 0.3) is 0 Å². The van der Waals surface area contributed by atoms with Crippen LogP contribution >= 0.6 is 11.8 Å². The van der Waals surface area contributed by atoms with Crippen molar-refractivity contribution in [3.8, 4) is 0 Å². The van der Waals surface area contributed by atoms with E-state index >= 15 is 0 Å². The van der Waals surface area contributed by atoms with Gasteiger partial charge < -0.3 is 10.4 Å². The first kappa shape index (κ1) is 15.5. The lowest BCUT2D eigenvalue weighted by molar-refractivity contribution is 0.102. The van der Waals surface area contributed by atoms with Crippen molar-refractivity contribution in [1.82, 2.24) is 4.98 Å². The average molecular weight is 302 g/mol. The number of aromatic nitrogens is 1. The second-order valence-electron chi connectivity index (χ2n) is 4.65. The molecule has 0 aliphatic heterocycles. The molecule has 0 aliphatic rings. The third-order valence-electron chi connectivity index (χ3n) is 2.85. The van der Waals surface area contributed by atoms with E-state index in [4.69, 9.17) is 5.11 Å². The summed E-state index contributed by atoms with van der Waals surface area (Å²) >= 11 is 1.64. The second kappa shape index (κ2) is 7.81. The molecule has 1 amide bonds. The molecule has 5 heteroatoms. The van der Waals surface area contributed by atoms with Crippen LogP contribution in [0.15, 0.2) is 42.6 Å². The van der Waals surface area contributed by atoms with Crippen LogP contribution in [0.1, 0.15) is 21.5 Å². The summed E-state index contributed by atoms with van der Waals surface area (Å²) in [4.78, 5) is 16.3. The Morgan fingerprint density at radius 1 is 1.33 bits per heavy atom. The molecule has 0 atom stereocenters. The summed E-state index contributed by atoms with van der Waals surface area (Å²) in [7, 11) is 0. The topological polar surface area (TPSA) is 62.2 Å². The maximum absolute atomic E-state index is 12.1. The lowest BCUT2D eigenvalue weighted by Crippen LogP contribution is -2.13. The Kier molecular flexibility index (Phi) is 5.78. The molecule has 1 aromatic carbocycles. The van der Waals surface area contributed by atoms with E-state index in [0.29, 0.717) is 17.1 Å². The molecule has 110 valence electrons. The highest BCUT2D eigenvalue weighted by Crippen LogP contribution is 2.15. The van der Waals surface area contributed by atoms with Crippen molar-refractivity contribution < 1.29 is 9.90 Å².